The van der Waals surface area contributed by atoms with Crippen LogP contribution in [0.4, 0.5) is 11.4 Å². The van der Waals surface area contributed by atoms with Gasteiger partial charge in [0.05, 0.1) is 25.1 Å². The zero-order chi connectivity index (χ0) is 25.2. The average Bonchev–Trinajstić information content (AvgIpc) is 3.36. The Bertz CT molecular complexity index is 1460. The molecule has 6 heteroatoms. The number of benzene rings is 3. The minimum Gasteiger partial charge on any atom is -0.497 e. The van der Waals surface area contributed by atoms with Gasteiger partial charge in [-0.1, -0.05) is 60.2 Å². The predicted octanol–water partition coefficient (Wildman–Crippen LogP) is 4.57. The molecular formula is C30H26N2O4. The number of carbonyl (C=O) groups is 3. The highest BCUT2D eigenvalue weighted by Crippen LogP contribution is 2.57. The lowest BCUT2D eigenvalue weighted by Crippen LogP contribution is -2.51. The fraction of sp³-hybridized carbons (Fsp3) is 0.233. The van der Waals surface area contributed by atoms with Gasteiger partial charge in [-0.05, 0) is 43.7 Å². The van der Waals surface area contributed by atoms with E-state index in [1.165, 1.54) is 6.92 Å². The summed E-state index contributed by atoms with van der Waals surface area (Å²) in [6.45, 7) is 3.47. The van der Waals surface area contributed by atoms with Crippen LogP contribution in [0, 0.1) is 12.8 Å². The predicted molar refractivity (Wildman–Crippen MR) is 139 cm³/mol. The van der Waals surface area contributed by atoms with Crippen LogP contribution in [-0.4, -0.2) is 36.7 Å². The quantitative estimate of drug-likeness (QED) is 0.556. The Morgan fingerprint density at radius 2 is 1.78 bits per heavy atom. The molecule has 36 heavy (non-hydrogen) atoms. The maximum atomic E-state index is 14.3. The van der Waals surface area contributed by atoms with Crippen LogP contribution in [-0.2, 0) is 15.0 Å². The molecule has 180 valence electrons. The third kappa shape index (κ3) is 2.87. The Balaban J connectivity index is 1.64. The van der Waals surface area contributed by atoms with E-state index in [9.17, 15) is 14.4 Å². The third-order valence-corrected chi connectivity index (χ3v) is 7.87. The van der Waals surface area contributed by atoms with Gasteiger partial charge in [0.2, 0.25) is 5.91 Å². The number of hydrogen-bond donors (Lipinski definition) is 1. The van der Waals surface area contributed by atoms with Crippen molar-refractivity contribution in [1.29, 1.82) is 0 Å². The van der Waals surface area contributed by atoms with Gasteiger partial charge in [0.25, 0.3) is 0 Å². The van der Waals surface area contributed by atoms with Crippen molar-refractivity contribution >= 4 is 34.9 Å². The first-order chi connectivity index (χ1) is 17.4. The van der Waals surface area contributed by atoms with E-state index in [4.69, 9.17) is 4.74 Å². The molecule has 3 aromatic carbocycles. The standard InChI is InChI=1S/C30H26N2O4/c1-17-8-10-19(11-9-17)28(34)26-27(18(2)33)32-24-14-13-21(36-3)16-20(24)12-15-25(32)30(26)22-6-4-5-7-23(22)31-29(30)35/h4-16,25-27H,1-3H3,(H,31,35)/t25-,26+,27-,30-/m1/s1. The largest absolute Gasteiger partial charge is 0.497 e. The number of anilines is 2. The number of rotatable bonds is 4. The second-order valence-electron chi connectivity index (χ2n) is 9.77. The first kappa shape index (κ1) is 22.3. The number of para-hydroxylation sites is 1. The second-order valence-corrected chi connectivity index (χ2v) is 9.77. The minimum absolute atomic E-state index is 0.156. The summed E-state index contributed by atoms with van der Waals surface area (Å²) in [6.07, 6.45) is 3.92. The number of carbonyl (C=O) groups excluding carboxylic acids is 3. The SMILES string of the molecule is COc1ccc2c(c1)C=C[C@H]1N2[C@H](C(C)=O)[C@@H](C(=O)c2ccc(C)cc2)[C@]12C(=O)Nc1ccccc12. The van der Waals surface area contributed by atoms with Crippen LogP contribution in [0.5, 0.6) is 5.75 Å². The molecule has 0 aliphatic carbocycles. The van der Waals surface area contributed by atoms with E-state index in [1.54, 1.807) is 19.2 Å². The Hall–Kier alpha value is -4.19. The smallest absolute Gasteiger partial charge is 0.238 e. The number of methoxy groups -OCH3 is 1. The van der Waals surface area contributed by atoms with E-state index < -0.39 is 23.4 Å². The number of nitrogens with zero attached hydrogens (tertiary/aromatic N) is 1. The van der Waals surface area contributed by atoms with Crippen molar-refractivity contribution in [3.05, 3.63) is 95.1 Å². The Morgan fingerprint density at radius 1 is 1.03 bits per heavy atom. The van der Waals surface area contributed by atoms with E-state index in [1.807, 2.05) is 78.6 Å². The van der Waals surface area contributed by atoms with E-state index in [2.05, 4.69) is 5.32 Å². The second kappa shape index (κ2) is 7.92. The zero-order valence-electron chi connectivity index (χ0n) is 20.3. The van der Waals surface area contributed by atoms with Gasteiger partial charge in [0.1, 0.15) is 11.2 Å². The molecule has 1 fully saturated rings. The van der Waals surface area contributed by atoms with Gasteiger partial charge in [-0.15, -0.1) is 0 Å². The normalized spacial score (nSPS) is 25.2. The molecule has 1 N–H and O–H groups in total. The van der Waals surface area contributed by atoms with Crippen LogP contribution >= 0.6 is 0 Å². The van der Waals surface area contributed by atoms with Gasteiger partial charge < -0.3 is 15.0 Å². The van der Waals surface area contributed by atoms with Crippen molar-refractivity contribution < 1.29 is 19.1 Å². The van der Waals surface area contributed by atoms with Gasteiger partial charge in [-0.2, -0.15) is 0 Å². The minimum atomic E-state index is -1.26. The van der Waals surface area contributed by atoms with E-state index in [0.717, 1.165) is 22.4 Å². The van der Waals surface area contributed by atoms with E-state index >= 15 is 0 Å². The van der Waals surface area contributed by atoms with Crippen molar-refractivity contribution in [2.45, 2.75) is 31.3 Å². The number of Topliss-reactive ketones (excluding diaryl/α,β-unsaturated/α-hetero) is 2. The maximum absolute atomic E-state index is 14.3. The molecule has 6 nitrogen and oxygen atoms in total. The number of hydrogen-bond acceptors (Lipinski definition) is 5. The molecule has 0 saturated carbocycles. The van der Waals surface area contributed by atoms with Crippen molar-refractivity contribution in [2.75, 3.05) is 17.3 Å². The lowest BCUT2D eigenvalue weighted by molar-refractivity contribution is -0.122. The lowest BCUT2D eigenvalue weighted by atomic mass is 9.64. The third-order valence-electron chi connectivity index (χ3n) is 7.87. The molecule has 1 saturated heterocycles. The van der Waals surface area contributed by atoms with Crippen molar-refractivity contribution in [1.82, 2.24) is 0 Å². The Labute approximate surface area is 209 Å². The number of ketones is 2. The summed E-state index contributed by atoms with van der Waals surface area (Å²) < 4.78 is 5.41. The molecule has 0 aromatic heterocycles. The van der Waals surface area contributed by atoms with Gasteiger partial charge >= 0.3 is 0 Å². The highest BCUT2D eigenvalue weighted by atomic mass is 16.5. The summed E-state index contributed by atoms with van der Waals surface area (Å²) in [7, 11) is 1.61. The summed E-state index contributed by atoms with van der Waals surface area (Å²) >= 11 is 0. The van der Waals surface area contributed by atoms with Crippen molar-refractivity contribution in [2.24, 2.45) is 5.92 Å². The summed E-state index contributed by atoms with van der Waals surface area (Å²) in [6, 6.07) is 19.2. The highest BCUT2D eigenvalue weighted by molar-refractivity contribution is 6.16. The molecule has 1 spiro atoms. The van der Waals surface area contributed by atoms with Gasteiger partial charge in [-0.25, -0.2) is 0 Å². The van der Waals surface area contributed by atoms with Gasteiger partial charge in [-0.3, -0.25) is 14.4 Å². The molecule has 3 heterocycles. The van der Waals surface area contributed by atoms with Crippen LogP contribution < -0.4 is 15.0 Å². The molecule has 4 atom stereocenters. The average molecular weight is 479 g/mol. The number of ether oxygens (including phenoxy) is 1. The first-order valence-corrected chi connectivity index (χ1v) is 12.0. The van der Waals surface area contributed by atoms with Crippen LogP contribution in [0.3, 0.4) is 0 Å². The van der Waals surface area contributed by atoms with Crippen LogP contribution in [0.1, 0.15) is 34.0 Å². The maximum Gasteiger partial charge on any atom is 0.238 e. The molecule has 0 unspecified atom stereocenters. The fourth-order valence-electron chi connectivity index (χ4n) is 6.33. The topological polar surface area (TPSA) is 75.7 Å². The number of amides is 1. The molecule has 3 aliphatic rings. The fourth-order valence-corrected chi connectivity index (χ4v) is 6.33. The molecule has 6 rings (SSSR count). The molecule has 0 radical (unpaired) electrons. The summed E-state index contributed by atoms with van der Waals surface area (Å²) in [5.41, 5.74) is 3.38. The molecule has 0 bridgehead atoms. The summed E-state index contributed by atoms with van der Waals surface area (Å²) in [5.74, 6) is -0.837. The summed E-state index contributed by atoms with van der Waals surface area (Å²) in [4.78, 5) is 43.8. The van der Waals surface area contributed by atoms with Gasteiger partial charge in [0, 0.05) is 22.5 Å². The molecule has 3 aromatic rings. The van der Waals surface area contributed by atoms with Gasteiger partial charge in [0.15, 0.2) is 11.6 Å². The molecule has 1 amide bonds. The lowest BCUT2D eigenvalue weighted by Gasteiger charge is -2.37. The Kier molecular flexibility index (Phi) is 4.90. The molecular weight excluding hydrogens is 452 g/mol. The number of nitrogens with one attached hydrogen (secondary N) is 1. The zero-order valence-corrected chi connectivity index (χ0v) is 20.3. The van der Waals surface area contributed by atoms with Crippen molar-refractivity contribution in [3.8, 4) is 5.75 Å². The van der Waals surface area contributed by atoms with E-state index in [-0.39, 0.29) is 17.5 Å². The monoisotopic (exact) mass is 478 g/mol. The Morgan fingerprint density at radius 3 is 2.50 bits per heavy atom. The highest BCUT2D eigenvalue weighted by Gasteiger charge is 2.69. The summed E-state index contributed by atoms with van der Waals surface area (Å²) in [5, 5.41) is 3.03. The first-order valence-electron chi connectivity index (χ1n) is 12.0. The van der Waals surface area contributed by atoms with Crippen LogP contribution in [0.25, 0.3) is 6.08 Å². The number of fused-ring (bicyclic) bond motifs is 6. The number of aryl methyl sites for hydroxylation is 1. The van der Waals surface area contributed by atoms with Crippen LogP contribution in [0.15, 0.2) is 72.8 Å². The molecule has 3 aliphatic heterocycles. The van der Waals surface area contributed by atoms with Crippen molar-refractivity contribution in [3.63, 3.8) is 0 Å². The van der Waals surface area contributed by atoms with E-state index in [0.29, 0.717) is 17.0 Å². The van der Waals surface area contributed by atoms with Crippen LogP contribution in [0.2, 0.25) is 0 Å².